The zero-order chi connectivity index (χ0) is 15.2. The summed E-state index contributed by atoms with van der Waals surface area (Å²) in [5.74, 6) is 1.36. The molecule has 4 nitrogen and oxygen atoms in total. The highest BCUT2D eigenvalue weighted by atomic mass is 35.5. The Balaban J connectivity index is 2.14. The molecular formula is C16H25ClN2O2. The second-order valence-corrected chi connectivity index (χ2v) is 6.04. The summed E-state index contributed by atoms with van der Waals surface area (Å²) in [6.07, 6.45) is 2.35. The van der Waals surface area contributed by atoms with Crippen molar-refractivity contribution in [2.24, 2.45) is 11.7 Å². The largest absolute Gasteiger partial charge is 0.496 e. The van der Waals surface area contributed by atoms with Crippen molar-refractivity contribution >= 4 is 11.6 Å². The number of methoxy groups -OCH3 is 1. The van der Waals surface area contributed by atoms with Gasteiger partial charge in [0.1, 0.15) is 5.75 Å². The number of nitrogens with two attached hydrogens (primary N) is 1. The number of ether oxygens (including phenoxy) is 2. The zero-order valence-corrected chi connectivity index (χ0v) is 13.6. The summed E-state index contributed by atoms with van der Waals surface area (Å²) >= 11 is 6.38. The van der Waals surface area contributed by atoms with Crippen LogP contribution in [-0.2, 0) is 4.74 Å². The van der Waals surface area contributed by atoms with E-state index in [4.69, 9.17) is 26.8 Å². The van der Waals surface area contributed by atoms with Crippen molar-refractivity contribution in [1.29, 1.82) is 0 Å². The van der Waals surface area contributed by atoms with E-state index in [9.17, 15) is 0 Å². The lowest BCUT2D eigenvalue weighted by molar-refractivity contribution is 0.0364. The normalized spacial score (nSPS) is 20.5. The molecule has 2 N–H and O–H groups in total. The summed E-state index contributed by atoms with van der Waals surface area (Å²) in [5.41, 5.74) is 6.99. The summed E-state index contributed by atoms with van der Waals surface area (Å²) < 4.78 is 11.0. The van der Waals surface area contributed by atoms with Crippen LogP contribution in [0.2, 0.25) is 5.02 Å². The quantitative estimate of drug-likeness (QED) is 0.877. The van der Waals surface area contributed by atoms with Crippen LogP contribution in [0.4, 0.5) is 0 Å². The van der Waals surface area contributed by atoms with Gasteiger partial charge in [-0.3, -0.25) is 4.90 Å². The van der Waals surface area contributed by atoms with Gasteiger partial charge in [-0.05, 0) is 37.9 Å². The van der Waals surface area contributed by atoms with Gasteiger partial charge < -0.3 is 15.2 Å². The first-order chi connectivity index (χ1) is 10.2. The third-order valence-corrected chi connectivity index (χ3v) is 4.45. The molecule has 1 heterocycles. The van der Waals surface area contributed by atoms with Crippen LogP contribution < -0.4 is 10.5 Å². The molecule has 1 saturated heterocycles. The van der Waals surface area contributed by atoms with Gasteiger partial charge in [-0.2, -0.15) is 0 Å². The number of hydrogen-bond donors (Lipinski definition) is 1. The zero-order valence-electron chi connectivity index (χ0n) is 12.8. The highest BCUT2D eigenvalue weighted by Gasteiger charge is 2.25. The van der Waals surface area contributed by atoms with Gasteiger partial charge in [-0.1, -0.05) is 17.7 Å². The highest BCUT2D eigenvalue weighted by Crippen LogP contribution is 2.35. The van der Waals surface area contributed by atoms with Crippen LogP contribution >= 0.6 is 11.6 Å². The van der Waals surface area contributed by atoms with Crippen molar-refractivity contribution in [3.05, 3.63) is 28.8 Å². The summed E-state index contributed by atoms with van der Waals surface area (Å²) in [6.45, 7) is 3.18. The minimum Gasteiger partial charge on any atom is -0.496 e. The van der Waals surface area contributed by atoms with Gasteiger partial charge in [0.2, 0.25) is 0 Å². The molecule has 0 aromatic heterocycles. The van der Waals surface area contributed by atoms with E-state index in [0.717, 1.165) is 37.5 Å². The van der Waals surface area contributed by atoms with Crippen LogP contribution in [0.1, 0.15) is 24.4 Å². The van der Waals surface area contributed by atoms with Gasteiger partial charge in [-0.15, -0.1) is 0 Å². The highest BCUT2D eigenvalue weighted by molar-refractivity contribution is 6.31. The second kappa shape index (κ2) is 7.99. The predicted octanol–water partition coefficient (Wildman–Crippen LogP) is 2.71. The van der Waals surface area contributed by atoms with E-state index in [1.54, 1.807) is 7.11 Å². The molecule has 0 aliphatic carbocycles. The SMILES string of the molecule is COc1cccc(Cl)c1C(CN)N(C)CC1CCCOC1. The first kappa shape index (κ1) is 16.6. The molecule has 1 aromatic carbocycles. The molecule has 0 amide bonds. The third kappa shape index (κ3) is 4.10. The number of halogens is 1. The Morgan fingerprint density at radius 3 is 2.95 bits per heavy atom. The first-order valence-electron chi connectivity index (χ1n) is 7.47. The average molecular weight is 313 g/mol. The van der Waals surface area contributed by atoms with Crippen LogP contribution in [0.25, 0.3) is 0 Å². The Morgan fingerprint density at radius 1 is 1.52 bits per heavy atom. The van der Waals surface area contributed by atoms with Gasteiger partial charge >= 0.3 is 0 Å². The Labute approximate surface area is 132 Å². The number of likely N-dealkylation sites (N-methyl/N-ethyl adjacent to an activating group) is 1. The third-order valence-electron chi connectivity index (χ3n) is 4.12. The number of hydrogen-bond acceptors (Lipinski definition) is 4. The monoisotopic (exact) mass is 312 g/mol. The van der Waals surface area contributed by atoms with Crippen molar-refractivity contribution in [2.75, 3.05) is 40.5 Å². The molecule has 0 spiro atoms. The summed E-state index contributed by atoms with van der Waals surface area (Å²) in [7, 11) is 3.76. The molecule has 1 fully saturated rings. The second-order valence-electron chi connectivity index (χ2n) is 5.63. The van der Waals surface area contributed by atoms with E-state index in [2.05, 4.69) is 11.9 Å². The molecule has 1 aliphatic heterocycles. The summed E-state index contributed by atoms with van der Waals surface area (Å²) in [6, 6.07) is 5.77. The van der Waals surface area contributed by atoms with Crippen molar-refractivity contribution in [2.45, 2.75) is 18.9 Å². The van der Waals surface area contributed by atoms with Crippen LogP contribution in [0.15, 0.2) is 18.2 Å². The molecule has 1 aliphatic rings. The molecule has 0 radical (unpaired) electrons. The van der Waals surface area contributed by atoms with Crippen LogP contribution in [-0.4, -0.2) is 45.4 Å². The minimum absolute atomic E-state index is 0.0515. The van der Waals surface area contributed by atoms with Gasteiger partial charge in [-0.25, -0.2) is 0 Å². The molecule has 21 heavy (non-hydrogen) atoms. The predicted molar refractivity (Wildman–Crippen MR) is 86.0 cm³/mol. The Bertz CT molecular complexity index is 450. The van der Waals surface area contributed by atoms with Crippen molar-refractivity contribution in [3.63, 3.8) is 0 Å². The van der Waals surface area contributed by atoms with Crippen LogP contribution in [0.5, 0.6) is 5.75 Å². The maximum Gasteiger partial charge on any atom is 0.125 e. The van der Waals surface area contributed by atoms with Gasteiger partial charge in [0, 0.05) is 30.3 Å². The summed E-state index contributed by atoms with van der Waals surface area (Å²) in [4.78, 5) is 2.27. The van der Waals surface area contributed by atoms with Gasteiger partial charge in [0.15, 0.2) is 0 Å². The number of benzene rings is 1. The van der Waals surface area contributed by atoms with Crippen molar-refractivity contribution in [1.82, 2.24) is 4.90 Å². The maximum atomic E-state index is 6.38. The van der Waals surface area contributed by atoms with Gasteiger partial charge in [0.25, 0.3) is 0 Å². The van der Waals surface area contributed by atoms with Crippen molar-refractivity contribution in [3.8, 4) is 5.75 Å². The maximum absolute atomic E-state index is 6.38. The minimum atomic E-state index is 0.0515. The number of rotatable bonds is 6. The molecule has 2 atom stereocenters. The Hall–Kier alpha value is -0.810. The molecule has 2 unspecified atom stereocenters. The fraction of sp³-hybridized carbons (Fsp3) is 0.625. The number of nitrogens with zero attached hydrogens (tertiary/aromatic N) is 1. The van der Waals surface area contributed by atoms with E-state index in [-0.39, 0.29) is 6.04 Å². The van der Waals surface area contributed by atoms with E-state index in [1.807, 2.05) is 18.2 Å². The van der Waals surface area contributed by atoms with Crippen molar-refractivity contribution < 1.29 is 9.47 Å². The first-order valence-corrected chi connectivity index (χ1v) is 7.85. The lowest BCUT2D eigenvalue weighted by atomic mass is 9.99. The van der Waals surface area contributed by atoms with E-state index >= 15 is 0 Å². The van der Waals surface area contributed by atoms with E-state index < -0.39 is 0 Å². The molecule has 1 aromatic rings. The topological polar surface area (TPSA) is 47.7 Å². The molecule has 0 bridgehead atoms. The molecule has 5 heteroatoms. The average Bonchev–Trinajstić information content (AvgIpc) is 2.50. The Morgan fingerprint density at radius 2 is 2.33 bits per heavy atom. The lowest BCUT2D eigenvalue weighted by Crippen LogP contribution is -2.37. The standard InChI is InChI=1S/C16H25ClN2O2/c1-19(10-12-5-4-8-21-11-12)14(9-18)16-13(17)6-3-7-15(16)20-2/h3,6-7,12,14H,4-5,8-11,18H2,1-2H3. The molecule has 2 rings (SSSR count). The lowest BCUT2D eigenvalue weighted by Gasteiger charge is -2.33. The van der Waals surface area contributed by atoms with Crippen LogP contribution in [0, 0.1) is 5.92 Å². The fourth-order valence-electron chi connectivity index (χ4n) is 3.02. The Kier molecular flexibility index (Phi) is 6.30. The van der Waals surface area contributed by atoms with Gasteiger partial charge in [0.05, 0.1) is 19.8 Å². The smallest absolute Gasteiger partial charge is 0.125 e. The molecule has 118 valence electrons. The molecule has 0 saturated carbocycles. The molecular weight excluding hydrogens is 288 g/mol. The fourth-order valence-corrected chi connectivity index (χ4v) is 3.31. The summed E-state index contributed by atoms with van der Waals surface area (Å²) in [5, 5.41) is 0.705. The van der Waals surface area contributed by atoms with E-state index in [0.29, 0.717) is 17.5 Å². The van der Waals surface area contributed by atoms with E-state index in [1.165, 1.54) is 6.42 Å². The van der Waals surface area contributed by atoms with Crippen LogP contribution in [0.3, 0.4) is 0 Å².